The van der Waals surface area contributed by atoms with E-state index in [9.17, 15) is 4.79 Å². The predicted octanol–water partition coefficient (Wildman–Crippen LogP) is 0.248. The fourth-order valence-corrected chi connectivity index (χ4v) is 1.31. The molecule has 0 aliphatic carbocycles. The topological polar surface area (TPSA) is 37.9 Å². The molecular weight excluding hydrogens is 178 g/mol. The Hall–Kier alpha value is -1.58. The van der Waals surface area contributed by atoms with Gasteiger partial charge in [0, 0.05) is 6.54 Å². The van der Waals surface area contributed by atoms with Crippen LogP contribution in [0.1, 0.15) is 17.5 Å². The van der Waals surface area contributed by atoms with Gasteiger partial charge in [0.25, 0.3) is 0 Å². The summed E-state index contributed by atoms with van der Waals surface area (Å²) >= 11 is 0. The van der Waals surface area contributed by atoms with Crippen LogP contribution >= 0.6 is 0 Å². The zero-order valence-electron chi connectivity index (χ0n) is 8.66. The van der Waals surface area contributed by atoms with Gasteiger partial charge in [-0.15, -0.1) is 6.58 Å². The molecule has 1 aromatic heterocycles. The van der Waals surface area contributed by atoms with E-state index >= 15 is 0 Å². The summed E-state index contributed by atoms with van der Waals surface area (Å²) in [7, 11) is 1.86. The number of carbonyl (C=O) groups excluding carboxylic acids is 1. The molecule has 0 aliphatic rings. The lowest BCUT2D eigenvalue weighted by Gasteiger charge is -2.00. The van der Waals surface area contributed by atoms with Crippen molar-refractivity contribution in [1.82, 2.24) is 9.88 Å². The molecule has 76 valence electrons. The molecule has 4 heteroatoms. The molecule has 0 bridgehead atoms. The van der Waals surface area contributed by atoms with E-state index < -0.39 is 0 Å². The van der Waals surface area contributed by atoms with E-state index in [1.54, 1.807) is 6.08 Å². The second-order valence-corrected chi connectivity index (χ2v) is 3.02. The summed E-state index contributed by atoms with van der Waals surface area (Å²) in [6.07, 6.45) is 5.42. The maximum absolute atomic E-state index is 11.7. The first-order valence-corrected chi connectivity index (χ1v) is 4.64. The lowest BCUT2D eigenvalue weighted by molar-refractivity contribution is -0.673. The van der Waals surface area contributed by atoms with Gasteiger partial charge in [-0.25, -0.2) is 9.13 Å². The largest absolute Gasteiger partial charge is 0.347 e. The van der Waals surface area contributed by atoms with Crippen LogP contribution < -0.4 is 9.88 Å². The Morgan fingerprint density at radius 1 is 1.79 bits per heavy atom. The van der Waals surface area contributed by atoms with Crippen molar-refractivity contribution in [3.8, 4) is 0 Å². The molecule has 0 atom stereocenters. The second kappa shape index (κ2) is 4.60. The third-order valence-corrected chi connectivity index (χ3v) is 2.03. The minimum Gasteiger partial charge on any atom is -0.342 e. The number of hydrogen-bond acceptors (Lipinski definition) is 1. The van der Waals surface area contributed by atoms with E-state index in [1.807, 2.05) is 35.5 Å². The van der Waals surface area contributed by atoms with Crippen molar-refractivity contribution in [2.45, 2.75) is 13.5 Å². The van der Waals surface area contributed by atoms with E-state index in [4.69, 9.17) is 0 Å². The lowest BCUT2D eigenvalue weighted by atomic mass is 10.5. The van der Waals surface area contributed by atoms with Crippen molar-refractivity contribution < 1.29 is 9.36 Å². The van der Waals surface area contributed by atoms with E-state index in [2.05, 4.69) is 11.9 Å². The van der Waals surface area contributed by atoms with Crippen LogP contribution in [0.3, 0.4) is 0 Å². The van der Waals surface area contributed by atoms with Crippen molar-refractivity contribution in [2.75, 3.05) is 6.54 Å². The number of nitrogens with zero attached hydrogens (tertiary/aromatic N) is 2. The Morgan fingerprint density at radius 2 is 2.50 bits per heavy atom. The number of hydrogen-bond donors (Lipinski definition) is 1. The van der Waals surface area contributed by atoms with Crippen molar-refractivity contribution in [3.05, 3.63) is 30.9 Å². The Kier molecular flexibility index (Phi) is 3.45. The van der Waals surface area contributed by atoms with E-state index in [1.165, 1.54) is 0 Å². The normalized spacial score (nSPS) is 9.86. The molecule has 1 N–H and O–H groups in total. The van der Waals surface area contributed by atoms with Gasteiger partial charge in [-0.1, -0.05) is 6.08 Å². The molecule has 0 saturated heterocycles. The Morgan fingerprint density at radius 3 is 3.07 bits per heavy atom. The van der Waals surface area contributed by atoms with Gasteiger partial charge in [-0.2, -0.15) is 0 Å². The number of amides is 1. The van der Waals surface area contributed by atoms with Gasteiger partial charge in [0.1, 0.15) is 12.4 Å². The van der Waals surface area contributed by atoms with Crippen LogP contribution in [0.4, 0.5) is 0 Å². The number of imidazole rings is 1. The summed E-state index contributed by atoms with van der Waals surface area (Å²) in [6.45, 7) is 6.84. The zero-order valence-corrected chi connectivity index (χ0v) is 8.66. The smallest absolute Gasteiger partial charge is 0.342 e. The molecule has 1 heterocycles. The zero-order chi connectivity index (χ0) is 10.6. The average Bonchev–Trinajstić information content (AvgIpc) is 2.56. The van der Waals surface area contributed by atoms with Crippen molar-refractivity contribution in [3.63, 3.8) is 0 Å². The maximum atomic E-state index is 11.7. The molecule has 0 radical (unpaired) electrons. The van der Waals surface area contributed by atoms with Crippen molar-refractivity contribution >= 4 is 5.91 Å². The first kappa shape index (κ1) is 10.5. The van der Waals surface area contributed by atoms with Gasteiger partial charge in [0.05, 0.1) is 13.6 Å². The predicted molar refractivity (Wildman–Crippen MR) is 53.8 cm³/mol. The molecule has 0 fully saturated rings. The highest BCUT2D eigenvalue weighted by Crippen LogP contribution is 1.94. The van der Waals surface area contributed by atoms with E-state index in [0.717, 1.165) is 6.54 Å². The standard InChI is InChI=1S/C10H15N3O/c1-4-6-11-9(14)10-12(3)7-8-13(10)5-2/h4,7-8H,1,5-6H2,2-3H3/p+1. The molecule has 14 heavy (non-hydrogen) atoms. The molecule has 0 aromatic carbocycles. The van der Waals surface area contributed by atoms with Crippen molar-refractivity contribution in [2.24, 2.45) is 7.05 Å². The van der Waals surface area contributed by atoms with Crippen LogP contribution in [-0.2, 0) is 13.6 Å². The summed E-state index contributed by atoms with van der Waals surface area (Å²) in [4.78, 5) is 11.7. The van der Waals surface area contributed by atoms with Crippen LogP contribution in [0.25, 0.3) is 0 Å². The third-order valence-electron chi connectivity index (χ3n) is 2.03. The van der Waals surface area contributed by atoms with E-state index in [-0.39, 0.29) is 5.91 Å². The molecule has 1 amide bonds. The van der Waals surface area contributed by atoms with Crippen molar-refractivity contribution in [1.29, 1.82) is 0 Å². The van der Waals surface area contributed by atoms with Gasteiger partial charge in [0.2, 0.25) is 0 Å². The molecule has 0 spiro atoms. The van der Waals surface area contributed by atoms with Crippen LogP contribution in [0.2, 0.25) is 0 Å². The Balaban J connectivity index is 2.86. The summed E-state index contributed by atoms with van der Waals surface area (Å²) in [5.41, 5.74) is 0. The maximum Gasteiger partial charge on any atom is 0.347 e. The fourth-order valence-electron chi connectivity index (χ4n) is 1.31. The number of aryl methyl sites for hydroxylation is 2. The SMILES string of the molecule is C=CCNC(=O)c1n(CC)cc[n+]1C. The van der Waals surface area contributed by atoms with Gasteiger partial charge < -0.3 is 5.32 Å². The first-order valence-electron chi connectivity index (χ1n) is 4.64. The summed E-state index contributed by atoms with van der Waals surface area (Å²) in [5.74, 6) is 0.591. The van der Waals surface area contributed by atoms with Gasteiger partial charge in [-0.05, 0) is 6.92 Å². The third kappa shape index (κ3) is 2.02. The molecule has 4 nitrogen and oxygen atoms in total. The Bertz CT molecular complexity index is 341. The quantitative estimate of drug-likeness (QED) is 0.541. The van der Waals surface area contributed by atoms with Crippen LogP contribution in [0, 0.1) is 0 Å². The molecule has 1 aromatic rings. The number of nitrogens with one attached hydrogen (secondary N) is 1. The van der Waals surface area contributed by atoms with Crippen LogP contribution in [-0.4, -0.2) is 17.0 Å². The minimum absolute atomic E-state index is 0.0701. The van der Waals surface area contributed by atoms with Gasteiger partial charge in [-0.3, -0.25) is 4.79 Å². The highest BCUT2D eigenvalue weighted by Gasteiger charge is 2.21. The summed E-state index contributed by atoms with van der Waals surface area (Å²) in [5, 5.41) is 2.75. The molecular formula is C10H16N3O+. The van der Waals surface area contributed by atoms with Crippen LogP contribution in [0.5, 0.6) is 0 Å². The average molecular weight is 194 g/mol. The van der Waals surface area contributed by atoms with Gasteiger partial charge >= 0.3 is 11.7 Å². The number of aromatic nitrogens is 2. The van der Waals surface area contributed by atoms with Crippen LogP contribution in [0.15, 0.2) is 25.0 Å². The molecule has 0 saturated carbocycles. The molecule has 0 unspecified atom stereocenters. The lowest BCUT2D eigenvalue weighted by Crippen LogP contribution is -2.40. The molecule has 0 aliphatic heterocycles. The Labute approximate surface area is 83.9 Å². The number of carbonyl (C=O) groups is 1. The molecule has 1 rings (SSSR count). The highest BCUT2D eigenvalue weighted by atomic mass is 16.2. The number of rotatable bonds is 4. The van der Waals surface area contributed by atoms with Gasteiger partial charge in [0.15, 0.2) is 0 Å². The first-order chi connectivity index (χ1) is 6.70. The second-order valence-electron chi connectivity index (χ2n) is 3.02. The fraction of sp³-hybridized carbons (Fsp3) is 0.400. The minimum atomic E-state index is -0.0701. The highest BCUT2D eigenvalue weighted by molar-refractivity contribution is 5.89. The monoisotopic (exact) mass is 194 g/mol. The summed E-state index contributed by atoms with van der Waals surface area (Å²) in [6, 6.07) is 0. The summed E-state index contributed by atoms with van der Waals surface area (Å²) < 4.78 is 3.71. The van der Waals surface area contributed by atoms with E-state index in [0.29, 0.717) is 12.4 Å².